The highest BCUT2D eigenvalue weighted by Crippen LogP contribution is 2.13. The molecule has 1 heterocycles. The second-order valence-corrected chi connectivity index (χ2v) is 2.76. The van der Waals surface area contributed by atoms with Gasteiger partial charge in [0.2, 0.25) is 0 Å². The Morgan fingerprint density at radius 2 is 1.76 bits per heavy atom. The fourth-order valence-electron chi connectivity index (χ4n) is 0.745. The van der Waals surface area contributed by atoms with Crippen molar-refractivity contribution in [1.82, 2.24) is 14.3 Å². The third-order valence-corrected chi connectivity index (χ3v) is 1.61. The van der Waals surface area contributed by atoms with Crippen LogP contribution in [0.3, 0.4) is 0 Å². The number of rotatable bonds is 5. The van der Waals surface area contributed by atoms with Gasteiger partial charge in [-0.3, -0.25) is 20.2 Å². The maximum atomic E-state index is 10.3. The molecule has 0 amide bonds. The van der Waals surface area contributed by atoms with Gasteiger partial charge in [-0.25, -0.2) is 5.32 Å². The molecule has 0 atom stereocenters. The molecule has 0 saturated carbocycles. The predicted molar refractivity (Wildman–Crippen MR) is 49.3 cm³/mol. The molecule has 1 aromatic heterocycles. The molecule has 0 bridgehead atoms. The van der Waals surface area contributed by atoms with Gasteiger partial charge >= 0.3 is 18.2 Å². The molecule has 0 aromatic carbocycles. The predicted octanol–water partition coefficient (Wildman–Crippen LogP) is -0.563. The first-order valence-corrected chi connectivity index (χ1v) is 3.98. The Morgan fingerprint density at radius 3 is 2.12 bits per heavy atom. The number of halogens is 1. The number of nitrogens with one attached hydrogen (secondary N) is 1. The minimum Gasteiger partial charge on any atom is -0.390 e. The molecule has 0 aliphatic heterocycles. The molecule has 0 aliphatic rings. The second-order valence-electron chi connectivity index (χ2n) is 2.44. The number of hydrogen-bond donors (Lipinski definition) is 1. The van der Waals surface area contributed by atoms with Crippen LogP contribution in [0.15, 0.2) is 0 Å². The second kappa shape index (κ2) is 4.52. The van der Waals surface area contributed by atoms with Gasteiger partial charge < -0.3 is 10.1 Å². The first-order valence-electron chi connectivity index (χ1n) is 3.64. The molecule has 1 aromatic rings. The van der Waals surface area contributed by atoms with E-state index in [9.17, 15) is 30.3 Å². The highest BCUT2D eigenvalue weighted by Gasteiger charge is 2.36. The average molecular weight is 268 g/mol. The molecule has 17 heavy (non-hydrogen) atoms. The summed E-state index contributed by atoms with van der Waals surface area (Å²) >= 11 is 5.27. The van der Waals surface area contributed by atoms with Crippen molar-refractivity contribution >= 4 is 23.7 Å². The standard InChI is InChI=1S/C3H2ClN7O6/c4-8-1(5-2(7-8)9(12)13)6-3(10(14)15)11(16)17/h3H,(H,5,6,7). The molecule has 1 N–H and O–H groups in total. The van der Waals surface area contributed by atoms with Crippen molar-refractivity contribution in [3.63, 3.8) is 0 Å². The van der Waals surface area contributed by atoms with Crippen LogP contribution in [0, 0.1) is 30.3 Å². The van der Waals surface area contributed by atoms with Crippen LogP contribution in [0.4, 0.5) is 11.9 Å². The van der Waals surface area contributed by atoms with Gasteiger partial charge in [0.1, 0.15) is 9.85 Å². The van der Waals surface area contributed by atoms with E-state index in [-0.39, 0.29) is 4.20 Å². The minimum absolute atomic E-state index is 0.262. The summed E-state index contributed by atoms with van der Waals surface area (Å²) in [6.07, 6.45) is -2.43. The molecule has 0 saturated heterocycles. The monoisotopic (exact) mass is 267 g/mol. The largest absolute Gasteiger partial charge is 0.537 e. The zero-order valence-corrected chi connectivity index (χ0v) is 8.34. The van der Waals surface area contributed by atoms with E-state index in [0.717, 1.165) is 0 Å². The summed E-state index contributed by atoms with van der Waals surface area (Å²) in [6.45, 7) is 0. The van der Waals surface area contributed by atoms with E-state index in [1.54, 1.807) is 5.32 Å². The van der Waals surface area contributed by atoms with E-state index in [0.29, 0.717) is 0 Å². The molecule has 1 rings (SSSR count). The van der Waals surface area contributed by atoms with Crippen molar-refractivity contribution in [2.24, 2.45) is 0 Å². The van der Waals surface area contributed by atoms with Crippen LogP contribution < -0.4 is 5.32 Å². The molecule has 0 aliphatic carbocycles. The van der Waals surface area contributed by atoms with Crippen LogP contribution in [0.2, 0.25) is 0 Å². The van der Waals surface area contributed by atoms with E-state index in [2.05, 4.69) is 10.1 Å². The summed E-state index contributed by atoms with van der Waals surface area (Å²) in [5.74, 6) is -1.63. The summed E-state index contributed by atoms with van der Waals surface area (Å²) in [6, 6.07) is 0. The number of aromatic nitrogens is 3. The van der Waals surface area contributed by atoms with Crippen LogP contribution in [0.1, 0.15) is 0 Å². The van der Waals surface area contributed by atoms with Crippen molar-refractivity contribution in [3.05, 3.63) is 30.3 Å². The zero-order chi connectivity index (χ0) is 13.2. The summed E-state index contributed by atoms with van der Waals surface area (Å²) in [4.78, 5) is 30.3. The third-order valence-electron chi connectivity index (χ3n) is 1.38. The lowest BCUT2D eigenvalue weighted by Crippen LogP contribution is -2.37. The van der Waals surface area contributed by atoms with Gasteiger partial charge in [0.15, 0.2) is 0 Å². The van der Waals surface area contributed by atoms with Gasteiger partial charge in [-0.1, -0.05) is 4.20 Å². The average Bonchev–Trinajstić information content (AvgIpc) is 2.55. The van der Waals surface area contributed by atoms with Crippen molar-refractivity contribution in [3.8, 4) is 0 Å². The maximum Gasteiger partial charge on any atom is 0.537 e. The first kappa shape index (κ1) is 12.5. The number of nitrogens with zero attached hydrogens (tertiary/aromatic N) is 6. The van der Waals surface area contributed by atoms with Gasteiger partial charge in [-0.15, -0.1) is 0 Å². The van der Waals surface area contributed by atoms with Crippen molar-refractivity contribution in [1.29, 1.82) is 0 Å². The van der Waals surface area contributed by atoms with Crippen molar-refractivity contribution in [2.45, 2.75) is 6.29 Å². The third kappa shape index (κ3) is 2.71. The highest BCUT2D eigenvalue weighted by atomic mass is 35.5. The fraction of sp³-hybridized carbons (Fsp3) is 0.333. The van der Waals surface area contributed by atoms with Gasteiger partial charge in [0.25, 0.3) is 0 Å². The Bertz CT molecular complexity index is 470. The summed E-state index contributed by atoms with van der Waals surface area (Å²) in [5, 5.41) is 35.5. The minimum atomic E-state index is -2.43. The summed E-state index contributed by atoms with van der Waals surface area (Å²) in [7, 11) is 0. The van der Waals surface area contributed by atoms with Crippen LogP contribution in [-0.4, -0.2) is 35.3 Å². The molecular weight excluding hydrogens is 266 g/mol. The summed E-state index contributed by atoms with van der Waals surface area (Å²) in [5.41, 5.74) is 0. The lowest BCUT2D eigenvalue weighted by Gasteiger charge is -1.99. The molecular formula is C3H2ClN7O6. The number of hydrogen-bond acceptors (Lipinski definition) is 9. The normalized spacial score (nSPS) is 10.2. The number of anilines is 1. The zero-order valence-electron chi connectivity index (χ0n) is 7.59. The van der Waals surface area contributed by atoms with E-state index >= 15 is 0 Å². The van der Waals surface area contributed by atoms with E-state index in [4.69, 9.17) is 11.8 Å². The quantitative estimate of drug-likeness (QED) is 0.416. The van der Waals surface area contributed by atoms with Crippen LogP contribution >= 0.6 is 11.8 Å². The molecule has 0 spiro atoms. The lowest BCUT2D eigenvalue weighted by molar-refractivity contribution is -0.733. The molecule has 92 valence electrons. The Labute approximate surface area is 95.5 Å². The highest BCUT2D eigenvalue weighted by molar-refractivity contribution is 6.16. The van der Waals surface area contributed by atoms with Gasteiger partial charge in [-0.05, 0) is 9.91 Å². The van der Waals surface area contributed by atoms with Gasteiger partial charge in [0.05, 0.1) is 11.8 Å². The Balaban J connectivity index is 2.97. The lowest BCUT2D eigenvalue weighted by atomic mass is 10.8. The van der Waals surface area contributed by atoms with E-state index < -0.39 is 33.0 Å². The number of nitro groups is 3. The van der Waals surface area contributed by atoms with E-state index in [1.807, 2.05) is 0 Å². The maximum absolute atomic E-state index is 10.3. The Morgan fingerprint density at radius 1 is 1.24 bits per heavy atom. The molecule has 14 heteroatoms. The van der Waals surface area contributed by atoms with Crippen molar-refractivity contribution in [2.75, 3.05) is 5.32 Å². The molecule has 0 fully saturated rings. The van der Waals surface area contributed by atoms with Gasteiger partial charge in [-0.2, -0.15) is 0 Å². The van der Waals surface area contributed by atoms with Crippen LogP contribution in [0.5, 0.6) is 0 Å². The molecule has 13 nitrogen and oxygen atoms in total. The Kier molecular flexibility index (Phi) is 3.32. The summed E-state index contributed by atoms with van der Waals surface area (Å²) < 4.78 is 0.262. The van der Waals surface area contributed by atoms with E-state index in [1.165, 1.54) is 0 Å². The molecule has 0 unspecified atom stereocenters. The van der Waals surface area contributed by atoms with Gasteiger partial charge in [0, 0.05) is 5.10 Å². The fourth-order valence-corrected chi connectivity index (χ4v) is 0.899. The molecule has 0 radical (unpaired) electrons. The topological polar surface area (TPSA) is 172 Å². The van der Waals surface area contributed by atoms with Crippen molar-refractivity contribution < 1.29 is 14.8 Å². The smallest absolute Gasteiger partial charge is 0.390 e. The van der Waals surface area contributed by atoms with Crippen LogP contribution in [0.25, 0.3) is 0 Å². The SMILES string of the molecule is O=[N+]([O-])c1nc(NC([N+](=O)[O-])[N+](=O)[O-])n(Cl)n1. The Hall–Kier alpha value is -2.57. The van der Waals surface area contributed by atoms with Crippen LogP contribution in [-0.2, 0) is 0 Å². The first-order chi connectivity index (χ1) is 7.82.